The lowest BCUT2D eigenvalue weighted by atomic mass is 10.3. The van der Waals surface area contributed by atoms with Crippen molar-refractivity contribution in [1.82, 2.24) is 10.3 Å². The van der Waals surface area contributed by atoms with E-state index in [0.717, 1.165) is 0 Å². The van der Waals surface area contributed by atoms with Gasteiger partial charge in [-0.25, -0.2) is 4.98 Å². The third-order valence-electron chi connectivity index (χ3n) is 1.70. The molecule has 0 spiro atoms. The number of carbonyl (C=O) groups is 1. The quantitative estimate of drug-likeness (QED) is 0.695. The maximum absolute atomic E-state index is 11.3. The number of anilines is 2. The van der Waals surface area contributed by atoms with Crippen LogP contribution in [0.1, 0.15) is 13.8 Å². The molecule has 4 N–H and O–H groups in total. The molecule has 6 heteroatoms. The minimum atomic E-state index is -0.102. The fraction of sp³-hybridized carbons (Fsp3) is 0.400. The molecule has 0 aliphatic rings. The van der Waals surface area contributed by atoms with E-state index in [1.807, 2.05) is 13.8 Å². The van der Waals surface area contributed by atoms with Crippen LogP contribution < -0.4 is 16.4 Å². The number of aromatic nitrogens is 1. The van der Waals surface area contributed by atoms with Crippen LogP contribution in [0.3, 0.4) is 0 Å². The van der Waals surface area contributed by atoms with Gasteiger partial charge in [0.1, 0.15) is 11.0 Å². The number of nitrogens with zero attached hydrogens (tertiary/aromatic N) is 1. The van der Waals surface area contributed by atoms with E-state index in [1.165, 1.54) is 0 Å². The molecule has 88 valence electrons. The van der Waals surface area contributed by atoms with Crippen molar-refractivity contribution < 1.29 is 4.79 Å². The van der Waals surface area contributed by atoms with Crippen LogP contribution >= 0.6 is 11.6 Å². The van der Waals surface area contributed by atoms with Gasteiger partial charge >= 0.3 is 0 Å². The number of nitrogen functional groups attached to an aromatic ring is 1. The summed E-state index contributed by atoms with van der Waals surface area (Å²) in [5.41, 5.74) is 6.09. The number of nitrogens with two attached hydrogens (primary N) is 1. The van der Waals surface area contributed by atoms with Gasteiger partial charge in [0.2, 0.25) is 5.91 Å². The SMILES string of the molecule is CC(C)NC(=O)CNc1cc(N)cc(Cl)n1. The van der Waals surface area contributed by atoms with Gasteiger partial charge in [0.15, 0.2) is 0 Å². The average Bonchev–Trinajstić information content (AvgIpc) is 2.12. The zero-order valence-electron chi connectivity index (χ0n) is 9.25. The highest BCUT2D eigenvalue weighted by atomic mass is 35.5. The molecule has 1 aromatic rings. The van der Waals surface area contributed by atoms with E-state index >= 15 is 0 Å². The van der Waals surface area contributed by atoms with Crippen LogP contribution in [0.15, 0.2) is 12.1 Å². The first-order valence-electron chi connectivity index (χ1n) is 4.93. The Balaban J connectivity index is 2.51. The van der Waals surface area contributed by atoms with Gasteiger partial charge in [0.25, 0.3) is 0 Å². The highest BCUT2D eigenvalue weighted by Gasteiger charge is 2.04. The summed E-state index contributed by atoms with van der Waals surface area (Å²) in [7, 11) is 0. The summed E-state index contributed by atoms with van der Waals surface area (Å²) < 4.78 is 0. The Kier molecular flexibility index (Phi) is 4.37. The van der Waals surface area contributed by atoms with Crippen molar-refractivity contribution in [3.05, 3.63) is 17.3 Å². The summed E-state index contributed by atoms with van der Waals surface area (Å²) in [6.45, 7) is 3.94. The minimum absolute atomic E-state index is 0.102. The van der Waals surface area contributed by atoms with E-state index in [2.05, 4.69) is 15.6 Å². The topological polar surface area (TPSA) is 80.0 Å². The lowest BCUT2D eigenvalue weighted by Gasteiger charge is -2.10. The average molecular weight is 243 g/mol. The van der Waals surface area contributed by atoms with Gasteiger partial charge < -0.3 is 16.4 Å². The van der Waals surface area contributed by atoms with Crippen LogP contribution in [0.4, 0.5) is 11.5 Å². The molecule has 0 aromatic carbocycles. The number of nitrogens with one attached hydrogen (secondary N) is 2. The van der Waals surface area contributed by atoms with Gasteiger partial charge in [-0.3, -0.25) is 4.79 Å². The van der Waals surface area contributed by atoms with Crippen LogP contribution in [-0.4, -0.2) is 23.5 Å². The second kappa shape index (κ2) is 5.55. The number of hydrogen-bond acceptors (Lipinski definition) is 4. The summed E-state index contributed by atoms with van der Waals surface area (Å²) in [5, 5.41) is 5.89. The third kappa shape index (κ3) is 4.35. The van der Waals surface area contributed by atoms with Crippen molar-refractivity contribution in [2.24, 2.45) is 0 Å². The van der Waals surface area contributed by atoms with Crippen LogP contribution in [0.2, 0.25) is 5.15 Å². The van der Waals surface area contributed by atoms with Crippen molar-refractivity contribution in [2.75, 3.05) is 17.6 Å². The number of rotatable bonds is 4. The fourth-order valence-electron chi connectivity index (χ4n) is 1.15. The normalized spacial score (nSPS) is 10.2. The largest absolute Gasteiger partial charge is 0.399 e. The van der Waals surface area contributed by atoms with E-state index in [1.54, 1.807) is 12.1 Å². The molecular weight excluding hydrogens is 228 g/mol. The van der Waals surface area contributed by atoms with E-state index in [0.29, 0.717) is 16.7 Å². The summed E-state index contributed by atoms with van der Waals surface area (Å²) in [6, 6.07) is 3.28. The summed E-state index contributed by atoms with van der Waals surface area (Å²) >= 11 is 5.72. The van der Waals surface area contributed by atoms with Crippen molar-refractivity contribution in [1.29, 1.82) is 0 Å². The van der Waals surface area contributed by atoms with E-state index in [9.17, 15) is 4.79 Å². The van der Waals surface area contributed by atoms with Crippen molar-refractivity contribution in [2.45, 2.75) is 19.9 Å². The molecule has 1 aromatic heterocycles. The Bertz CT molecular complexity index is 361. The number of halogens is 1. The maximum atomic E-state index is 11.3. The van der Waals surface area contributed by atoms with E-state index in [4.69, 9.17) is 17.3 Å². The van der Waals surface area contributed by atoms with Crippen LogP contribution in [0.5, 0.6) is 0 Å². The number of hydrogen-bond donors (Lipinski definition) is 3. The number of amides is 1. The Hall–Kier alpha value is -1.49. The lowest BCUT2D eigenvalue weighted by molar-refractivity contribution is -0.119. The van der Waals surface area contributed by atoms with Crippen LogP contribution in [0.25, 0.3) is 0 Å². The fourth-order valence-corrected chi connectivity index (χ4v) is 1.37. The molecular formula is C10H15ClN4O. The van der Waals surface area contributed by atoms with Gasteiger partial charge in [-0.1, -0.05) is 11.6 Å². The maximum Gasteiger partial charge on any atom is 0.239 e. The Morgan fingerprint density at radius 1 is 1.56 bits per heavy atom. The predicted molar refractivity (Wildman–Crippen MR) is 65.4 cm³/mol. The number of carbonyl (C=O) groups excluding carboxylic acids is 1. The van der Waals surface area contributed by atoms with Crippen molar-refractivity contribution >= 4 is 29.0 Å². The highest BCUT2D eigenvalue weighted by molar-refractivity contribution is 6.29. The zero-order valence-corrected chi connectivity index (χ0v) is 10.0. The molecule has 0 atom stereocenters. The van der Waals surface area contributed by atoms with Crippen molar-refractivity contribution in [3.8, 4) is 0 Å². The molecule has 0 fully saturated rings. The monoisotopic (exact) mass is 242 g/mol. The Morgan fingerprint density at radius 3 is 2.81 bits per heavy atom. The van der Waals surface area contributed by atoms with Gasteiger partial charge in [0, 0.05) is 17.8 Å². The van der Waals surface area contributed by atoms with E-state index in [-0.39, 0.29) is 18.5 Å². The third-order valence-corrected chi connectivity index (χ3v) is 1.89. The predicted octanol–water partition coefficient (Wildman–Crippen LogP) is 1.25. The van der Waals surface area contributed by atoms with Gasteiger partial charge in [-0.2, -0.15) is 0 Å². The highest BCUT2D eigenvalue weighted by Crippen LogP contribution is 2.15. The molecule has 0 radical (unpaired) electrons. The zero-order chi connectivity index (χ0) is 12.1. The molecule has 1 rings (SSSR count). The molecule has 0 aliphatic carbocycles. The Morgan fingerprint density at radius 2 is 2.25 bits per heavy atom. The molecule has 0 saturated carbocycles. The first-order valence-corrected chi connectivity index (χ1v) is 5.31. The van der Waals surface area contributed by atoms with Gasteiger partial charge in [-0.05, 0) is 19.9 Å². The van der Waals surface area contributed by atoms with Gasteiger partial charge in [0.05, 0.1) is 6.54 Å². The second-order valence-corrected chi connectivity index (χ2v) is 4.07. The number of pyridine rings is 1. The first kappa shape index (κ1) is 12.6. The molecule has 0 bridgehead atoms. The second-order valence-electron chi connectivity index (χ2n) is 3.68. The minimum Gasteiger partial charge on any atom is -0.399 e. The van der Waals surface area contributed by atoms with Crippen LogP contribution in [-0.2, 0) is 4.79 Å². The molecule has 5 nitrogen and oxygen atoms in total. The van der Waals surface area contributed by atoms with E-state index < -0.39 is 0 Å². The van der Waals surface area contributed by atoms with Crippen LogP contribution in [0, 0.1) is 0 Å². The molecule has 1 amide bonds. The Labute approximate surface area is 99.4 Å². The first-order chi connectivity index (χ1) is 7.47. The summed E-state index contributed by atoms with van der Waals surface area (Å²) in [4.78, 5) is 15.3. The standard InChI is InChI=1S/C10H15ClN4O/c1-6(2)14-10(16)5-13-9-4-7(12)3-8(11)15-9/h3-4,6H,5H2,1-2H3,(H,14,16)(H3,12,13,15). The molecule has 16 heavy (non-hydrogen) atoms. The molecule has 0 saturated heterocycles. The molecule has 1 heterocycles. The summed E-state index contributed by atoms with van der Waals surface area (Å²) in [6.07, 6.45) is 0. The van der Waals surface area contributed by atoms with Crippen molar-refractivity contribution in [3.63, 3.8) is 0 Å². The molecule has 0 unspecified atom stereocenters. The summed E-state index contributed by atoms with van der Waals surface area (Å²) in [5.74, 6) is 0.388. The molecule has 0 aliphatic heterocycles. The van der Waals surface area contributed by atoms with Gasteiger partial charge in [-0.15, -0.1) is 0 Å². The lowest BCUT2D eigenvalue weighted by Crippen LogP contribution is -2.34. The smallest absolute Gasteiger partial charge is 0.239 e.